The van der Waals surface area contributed by atoms with E-state index in [9.17, 15) is 5.26 Å². The van der Waals surface area contributed by atoms with E-state index in [2.05, 4.69) is 33.1 Å². The van der Waals surface area contributed by atoms with E-state index in [4.69, 9.17) is 0 Å². The number of hydrogen-bond acceptors (Lipinski definition) is 3. The van der Waals surface area contributed by atoms with Crippen LogP contribution in [0.1, 0.15) is 19.3 Å². The Hall–Kier alpha value is -2.12. The van der Waals surface area contributed by atoms with E-state index in [1.807, 2.05) is 30.6 Å². The van der Waals surface area contributed by atoms with E-state index in [-0.39, 0.29) is 6.04 Å². The molecule has 0 spiro atoms. The van der Waals surface area contributed by atoms with E-state index in [1.165, 1.54) is 12.8 Å². The number of hydrogen-bond donors (Lipinski definition) is 1. The Morgan fingerprint density at radius 2 is 2.15 bits per heavy atom. The molecule has 4 heteroatoms. The van der Waals surface area contributed by atoms with Gasteiger partial charge in [-0.25, -0.2) is 4.98 Å². The third kappa shape index (κ3) is 3.06. The summed E-state index contributed by atoms with van der Waals surface area (Å²) in [5.41, 5.74) is 1.11. The highest BCUT2D eigenvalue weighted by atomic mass is 15.1. The Morgan fingerprint density at radius 3 is 2.85 bits per heavy atom. The Bertz CT molecular complexity index is 592. The Labute approximate surface area is 119 Å². The molecule has 1 saturated carbocycles. The fourth-order valence-corrected chi connectivity index (χ4v) is 2.33. The number of nitrogens with one attached hydrogen (secondary N) is 1. The minimum Gasteiger partial charge on any atom is -0.331 e. The largest absolute Gasteiger partial charge is 0.331 e. The summed E-state index contributed by atoms with van der Waals surface area (Å²) < 4.78 is 2.12. The van der Waals surface area contributed by atoms with Crippen molar-refractivity contribution < 1.29 is 0 Å². The molecule has 102 valence electrons. The molecule has 4 nitrogen and oxygen atoms in total. The van der Waals surface area contributed by atoms with Gasteiger partial charge in [-0.1, -0.05) is 30.3 Å². The number of nitriles is 1. The van der Waals surface area contributed by atoms with Crippen LogP contribution >= 0.6 is 0 Å². The Kier molecular flexibility index (Phi) is 3.80. The second-order valence-electron chi connectivity index (χ2n) is 5.22. The van der Waals surface area contributed by atoms with Gasteiger partial charge in [-0.3, -0.25) is 5.32 Å². The van der Waals surface area contributed by atoms with Gasteiger partial charge in [0.1, 0.15) is 5.82 Å². The first-order chi connectivity index (χ1) is 9.86. The summed E-state index contributed by atoms with van der Waals surface area (Å²) >= 11 is 0. The zero-order valence-corrected chi connectivity index (χ0v) is 11.4. The fraction of sp³-hybridized carbons (Fsp3) is 0.375. The topological polar surface area (TPSA) is 53.6 Å². The van der Waals surface area contributed by atoms with Crippen LogP contribution in [0.5, 0.6) is 0 Å². The molecule has 1 heterocycles. The number of imidazole rings is 1. The van der Waals surface area contributed by atoms with Crippen molar-refractivity contribution >= 4 is 0 Å². The van der Waals surface area contributed by atoms with Crippen LogP contribution in [-0.4, -0.2) is 21.6 Å². The highest BCUT2D eigenvalue weighted by Gasteiger charge is 2.24. The maximum atomic E-state index is 9.18. The van der Waals surface area contributed by atoms with Crippen molar-refractivity contribution in [1.29, 1.82) is 5.26 Å². The van der Waals surface area contributed by atoms with Gasteiger partial charge in [-0.05, 0) is 19.3 Å². The molecule has 0 saturated heterocycles. The number of aryl methyl sites for hydroxylation is 1. The molecular formula is C16H18N4. The lowest BCUT2D eigenvalue weighted by atomic mass is 10.2. The maximum absolute atomic E-state index is 9.18. The van der Waals surface area contributed by atoms with Gasteiger partial charge in [0.25, 0.3) is 0 Å². The van der Waals surface area contributed by atoms with E-state index < -0.39 is 0 Å². The average Bonchev–Trinajstić information content (AvgIpc) is 3.19. The summed E-state index contributed by atoms with van der Waals surface area (Å²) in [5, 5.41) is 12.5. The van der Waals surface area contributed by atoms with Crippen LogP contribution in [0.2, 0.25) is 0 Å². The molecule has 20 heavy (non-hydrogen) atoms. The van der Waals surface area contributed by atoms with Gasteiger partial charge in [0, 0.05) is 30.5 Å². The van der Waals surface area contributed by atoms with Gasteiger partial charge < -0.3 is 4.57 Å². The van der Waals surface area contributed by atoms with Gasteiger partial charge >= 0.3 is 0 Å². The first kappa shape index (κ1) is 12.9. The van der Waals surface area contributed by atoms with Gasteiger partial charge in [0.2, 0.25) is 0 Å². The Balaban J connectivity index is 1.66. The van der Waals surface area contributed by atoms with Crippen molar-refractivity contribution in [2.45, 2.75) is 37.9 Å². The minimum atomic E-state index is -0.0616. The fourth-order valence-electron chi connectivity index (χ4n) is 2.33. The summed E-state index contributed by atoms with van der Waals surface area (Å²) in [5.74, 6) is 0.966. The number of aromatic nitrogens is 2. The molecule has 1 N–H and O–H groups in total. The molecule has 1 aliphatic rings. The van der Waals surface area contributed by atoms with Crippen molar-refractivity contribution in [2.75, 3.05) is 0 Å². The first-order valence-electron chi connectivity index (χ1n) is 7.09. The zero-order valence-electron chi connectivity index (χ0n) is 11.4. The third-order valence-corrected chi connectivity index (χ3v) is 3.58. The SMILES string of the molecule is N#CC(CCn1ccnc1-c1ccccc1)NC1CC1. The standard InChI is InChI=1S/C16H18N4/c17-12-15(19-14-6-7-14)8-10-20-11-9-18-16(20)13-4-2-1-3-5-13/h1-5,9,11,14-15,19H,6-8,10H2. The van der Waals surface area contributed by atoms with Crippen molar-refractivity contribution in [3.8, 4) is 17.5 Å². The van der Waals surface area contributed by atoms with Crippen molar-refractivity contribution in [3.05, 3.63) is 42.7 Å². The highest BCUT2D eigenvalue weighted by Crippen LogP contribution is 2.21. The molecule has 1 unspecified atom stereocenters. The number of nitrogens with zero attached hydrogens (tertiary/aromatic N) is 3. The molecule has 1 aliphatic carbocycles. The Morgan fingerprint density at radius 1 is 1.35 bits per heavy atom. The van der Waals surface area contributed by atoms with Gasteiger partial charge in [0.15, 0.2) is 0 Å². The summed E-state index contributed by atoms with van der Waals surface area (Å²) in [6.45, 7) is 0.808. The van der Waals surface area contributed by atoms with Crippen LogP contribution < -0.4 is 5.32 Å². The molecule has 1 atom stereocenters. The molecule has 2 aromatic rings. The normalized spacial score (nSPS) is 15.8. The predicted molar refractivity (Wildman–Crippen MR) is 77.8 cm³/mol. The zero-order chi connectivity index (χ0) is 13.8. The predicted octanol–water partition coefficient (Wildman–Crippen LogP) is 2.58. The third-order valence-electron chi connectivity index (χ3n) is 3.58. The lowest BCUT2D eigenvalue weighted by Crippen LogP contribution is -2.30. The molecule has 0 aliphatic heterocycles. The van der Waals surface area contributed by atoms with Crippen LogP contribution in [0.3, 0.4) is 0 Å². The summed E-state index contributed by atoms with van der Waals surface area (Å²) in [6, 6.07) is 13.0. The highest BCUT2D eigenvalue weighted by molar-refractivity contribution is 5.55. The second kappa shape index (κ2) is 5.89. The lowest BCUT2D eigenvalue weighted by Gasteiger charge is -2.12. The average molecular weight is 266 g/mol. The molecular weight excluding hydrogens is 248 g/mol. The molecule has 0 bridgehead atoms. The van der Waals surface area contributed by atoms with Crippen LogP contribution in [0.4, 0.5) is 0 Å². The van der Waals surface area contributed by atoms with E-state index in [1.54, 1.807) is 0 Å². The number of benzene rings is 1. The van der Waals surface area contributed by atoms with Gasteiger partial charge in [-0.15, -0.1) is 0 Å². The molecule has 0 radical (unpaired) electrons. The number of rotatable bonds is 6. The minimum absolute atomic E-state index is 0.0616. The van der Waals surface area contributed by atoms with E-state index in [0.29, 0.717) is 6.04 Å². The second-order valence-corrected chi connectivity index (χ2v) is 5.22. The van der Waals surface area contributed by atoms with E-state index in [0.717, 1.165) is 24.4 Å². The van der Waals surface area contributed by atoms with Crippen molar-refractivity contribution in [1.82, 2.24) is 14.9 Å². The quantitative estimate of drug-likeness (QED) is 0.874. The van der Waals surface area contributed by atoms with Gasteiger partial charge in [-0.2, -0.15) is 5.26 Å². The smallest absolute Gasteiger partial charge is 0.139 e. The molecule has 1 aromatic carbocycles. The molecule has 1 aromatic heterocycles. The summed E-state index contributed by atoms with van der Waals surface area (Å²) in [7, 11) is 0. The molecule has 0 amide bonds. The lowest BCUT2D eigenvalue weighted by molar-refractivity contribution is 0.516. The van der Waals surface area contributed by atoms with Crippen LogP contribution in [0.25, 0.3) is 11.4 Å². The van der Waals surface area contributed by atoms with Crippen molar-refractivity contribution in [2.24, 2.45) is 0 Å². The monoisotopic (exact) mass is 266 g/mol. The molecule has 1 fully saturated rings. The van der Waals surface area contributed by atoms with Crippen LogP contribution in [0.15, 0.2) is 42.7 Å². The van der Waals surface area contributed by atoms with Crippen LogP contribution in [0, 0.1) is 11.3 Å². The summed E-state index contributed by atoms with van der Waals surface area (Å²) in [6.07, 6.45) is 7.02. The molecule has 3 rings (SSSR count). The van der Waals surface area contributed by atoms with Crippen molar-refractivity contribution in [3.63, 3.8) is 0 Å². The van der Waals surface area contributed by atoms with Crippen LogP contribution in [-0.2, 0) is 6.54 Å². The van der Waals surface area contributed by atoms with Gasteiger partial charge in [0.05, 0.1) is 12.1 Å². The van der Waals surface area contributed by atoms with E-state index >= 15 is 0 Å². The maximum Gasteiger partial charge on any atom is 0.139 e. The first-order valence-corrected chi connectivity index (χ1v) is 7.09. The summed E-state index contributed by atoms with van der Waals surface area (Å²) in [4.78, 5) is 4.42.